The van der Waals surface area contributed by atoms with E-state index in [9.17, 15) is 4.79 Å². The molecule has 1 aliphatic rings. The van der Waals surface area contributed by atoms with Gasteiger partial charge in [-0.25, -0.2) is 0 Å². The van der Waals surface area contributed by atoms with Crippen LogP contribution in [0.2, 0.25) is 0 Å². The van der Waals surface area contributed by atoms with Gasteiger partial charge in [-0.3, -0.25) is 4.79 Å². The Hall–Kier alpha value is -2.50. The third kappa shape index (κ3) is 4.36. The largest absolute Gasteiger partial charge is 0.493 e. The lowest BCUT2D eigenvalue weighted by Gasteiger charge is -2.20. The van der Waals surface area contributed by atoms with E-state index in [1.807, 2.05) is 48.5 Å². The van der Waals surface area contributed by atoms with E-state index in [1.165, 1.54) is 0 Å². The maximum absolute atomic E-state index is 12.6. The zero-order chi connectivity index (χ0) is 17.6. The van der Waals surface area contributed by atoms with Gasteiger partial charge in [-0.05, 0) is 30.3 Å². The summed E-state index contributed by atoms with van der Waals surface area (Å²) in [5, 5.41) is 6.27. The fourth-order valence-corrected chi connectivity index (χ4v) is 2.73. The van der Waals surface area contributed by atoms with Crippen molar-refractivity contribution in [1.29, 1.82) is 0 Å². The molecule has 26 heavy (non-hydrogen) atoms. The molecular weight excluding hydrogens is 352 g/mol. The standard InChI is InChI=1S/C20H22N2O3.ClH/c1-3-21-12-15-7-4-5-9-17(15)22-20(23)16-11-14-8-6-10-18(24-2)19(14)25-13-16;/h4-11,21H,3,12-13H2,1-2H3,(H,22,23);1H. The molecule has 0 atom stereocenters. The molecule has 0 fully saturated rings. The summed E-state index contributed by atoms with van der Waals surface area (Å²) in [6, 6.07) is 13.4. The molecule has 0 unspecified atom stereocenters. The lowest BCUT2D eigenvalue weighted by Crippen LogP contribution is -2.22. The van der Waals surface area contributed by atoms with Gasteiger partial charge in [0.1, 0.15) is 6.61 Å². The number of amides is 1. The molecule has 2 N–H and O–H groups in total. The Balaban J connectivity index is 0.00000243. The Kier molecular flexibility index (Phi) is 7.06. The van der Waals surface area contributed by atoms with Crippen LogP contribution in [0.5, 0.6) is 11.5 Å². The fourth-order valence-electron chi connectivity index (χ4n) is 2.73. The summed E-state index contributed by atoms with van der Waals surface area (Å²) >= 11 is 0. The van der Waals surface area contributed by atoms with Crippen molar-refractivity contribution in [3.05, 3.63) is 59.2 Å². The van der Waals surface area contributed by atoms with Crippen LogP contribution < -0.4 is 20.1 Å². The number of ether oxygens (including phenoxy) is 2. The van der Waals surface area contributed by atoms with E-state index in [1.54, 1.807) is 7.11 Å². The molecule has 5 nitrogen and oxygen atoms in total. The van der Waals surface area contributed by atoms with Gasteiger partial charge in [0.2, 0.25) is 0 Å². The highest BCUT2D eigenvalue weighted by Crippen LogP contribution is 2.35. The van der Waals surface area contributed by atoms with Crippen molar-refractivity contribution in [3.63, 3.8) is 0 Å². The van der Waals surface area contributed by atoms with Gasteiger partial charge in [0.25, 0.3) is 5.91 Å². The SMILES string of the molecule is CCNCc1ccccc1NC(=O)C1=Cc2cccc(OC)c2OC1.Cl. The molecular formula is C20H23ClN2O3. The first kappa shape index (κ1) is 19.8. The number of methoxy groups -OCH3 is 1. The predicted octanol–water partition coefficient (Wildman–Crippen LogP) is 3.64. The molecule has 0 bridgehead atoms. The van der Waals surface area contributed by atoms with Gasteiger partial charge >= 0.3 is 0 Å². The predicted molar refractivity (Wildman–Crippen MR) is 106 cm³/mol. The third-order valence-electron chi connectivity index (χ3n) is 4.05. The Bertz CT molecular complexity index is 805. The van der Waals surface area contributed by atoms with Crippen LogP contribution in [0.1, 0.15) is 18.1 Å². The highest BCUT2D eigenvalue weighted by molar-refractivity contribution is 6.08. The number of hydrogen-bond donors (Lipinski definition) is 2. The molecule has 0 saturated carbocycles. The van der Waals surface area contributed by atoms with Crippen molar-refractivity contribution in [2.24, 2.45) is 0 Å². The number of para-hydroxylation sites is 2. The van der Waals surface area contributed by atoms with Gasteiger partial charge in [0, 0.05) is 17.8 Å². The number of hydrogen-bond acceptors (Lipinski definition) is 4. The number of halogens is 1. The fraction of sp³-hybridized carbons (Fsp3) is 0.250. The van der Waals surface area contributed by atoms with E-state index in [2.05, 4.69) is 17.6 Å². The molecule has 2 aromatic rings. The molecule has 3 rings (SSSR count). The number of carbonyl (C=O) groups excluding carboxylic acids is 1. The molecule has 138 valence electrons. The minimum Gasteiger partial charge on any atom is -0.493 e. The third-order valence-corrected chi connectivity index (χ3v) is 4.05. The van der Waals surface area contributed by atoms with Crippen molar-refractivity contribution in [2.45, 2.75) is 13.5 Å². The van der Waals surface area contributed by atoms with E-state index in [0.717, 1.165) is 23.4 Å². The normalized spacial score (nSPS) is 12.2. The summed E-state index contributed by atoms with van der Waals surface area (Å²) in [5.41, 5.74) is 3.29. The van der Waals surface area contributed by atoms with E-state index in [0.29, 0.717) is 23.6 Å². The van der Waals surface area contributed by atoms with Crippen LogP contribution in [0, 0.1) is 0 Å². The van der Waals surface area contributed by atoms with Crippen molar-refractivity contribution >= 4 is 30.1 Å². The number of fused-ring (bicyclic) bond motifs is 1. The maximum Gasteiger partial charge on any atom is 0.255 e. The Labute approximate surface area is 159 Å². The van der Waals surface area contributed by atoms with Gasteiger partial charge in [0.05, 0.1) is 12.7 Å². The summed E-state index contributed by atoms with van der Waals surface area (Å²) in [7, 11) is 1.60. The van der Waals surface area contributed by atoms with Crippen LogP contribution in [0.4, 0.5) is 5.69 Å². The molecule has 0 radical (unpaired) electrons. The quantitative estimate of drug-likeness (QED) is 0.810. The van der Waals surface area contributed by atoms with Gasteiger partial charge in [-0.15, -0.1) is 12.4 Å². The number of benzene rings is 2. The second-order valence-corrected chi connectivity index (χ2v) is 5.73. The first-order chi connectivity index (χ1) is 12.2. The van der Waals surface area contributed by atoms with E-state index in [-0.39, 0.29) is 24.9 Å². The minimum atomic E-state index is -0.155. The maximum atomic E-state index is 12.6. The van der Waals surface area contributed by atoms with Crippen LogP contribution in [0.3, 0.4) is 0 Å². The molecule has 0 saturated heterocycles. The minimum absolute atomic E-state index is 0. The van der Waals surface area contributed by atoms with Gasteiger partial charge in [-0.2, -0.15) is 0 Å². The van der Waals surface area contributed by atoms with Gasteiger partial charge < -0.3 is 20.1 Å². The molecule has 6 heteroatoms. The van der Waals surface area contributed by atoms with E-state index < -0.39 is 0 Å². The second-order valence-electron chi connectivity index (χ2n) is 5.73. The average Bonchev–Trinajstić information content (AvgIpc) is 2.66. The van der Waals surface area contributed by atoms with Crippen molar-refractivity contribution in [1.82, 2.24) is 5.32 Å². The summed E-state index contributed by atoms with van der Waals surface area (Å²) < 4.78 is 11.0. The average molecular weight is 375 g/mol. The van der Waals surface area contributed by atoms with Crippen LogP contribution in [0.15, 0.2) is 48.0 Å². The first-order valence-corrected chi connectivity index (χ1v) is 8.33. The smallest absolute Gasteiger partial charge is 0.255 e. The van der Waals surface area contributed by atoms with Crippen LogP contribution in [0.25, 0.3) is 6.08 Å². The molecule has 1 aliphatic heterocycles. The first-order valence-electron chi connectivity index (χ1n) is 8.33. The highest BCUT2D eigenvalue weighted by Gasteiger charge is 2.20. The van der Waals surface area contributed by atoms with Gasteiger partial charge in [0.15, 0.2) is 11.5 Å². The van der Waals surface area contributed by atoms with Crippen molar-refractivity contribution < 1.29 is 14.3 Å². The molecule has 1 heterocycles. The van der Waals surface area contributed by atoms with Crippen molar-refractivity contribution in [2.75, 3.05) is 25.6 Å². The molecule has 0 aliphatic carbocycles. The molecule has 1 amide bonds. The summed E-state index contributed by atoms with van der Waals surface area (Å²) in [5.74, 6) is 1.19. The summed E-state index contributed by atoms with van der Waals surface area (Å²) in [4.78, 5) is 12.6. The number of rotatable bonds is 6. The lowest BCUT2D eigenvalue weighted by molar-refractivity contribution is -0.113. The Morgan fingerprint density at radius 3 is 2.77 bits per heavy atom. The second kappa shape index (κ2) is 9.27. The lowest BCUT2D eigenvalue weighted by atomic mass is 10.1. The van der Waals surface area contributed by atoms with Crippen molar-refractivity contribution in [3.8, 4) is 11.5 Å². The Morgan fingerprint density at radius 1 is 1.19 bits per heavy atom. The number of anilines is 1. The van der Waals surface area contributed by atoms with Crippen LogP contribution in [-0.2, 0) is 11.3 Å². The highest BCUT2D eigenvalue weighted by atomic mass is 35.5. The molecule has 0 spiro atoms. The Morgan fingerprint density at radius 2 is 2.00 bits per heavy atom. The van der Waals surface area contributed by atoms with Crippen LogP contribution >= 0.6 is 12.4 Å². The monoisotopic (exact) mass is 374 g/mol. The van der Waals surface area contributed by atoms with E-state index in [4.69, 9.17) is 9.47 Å². The molecule has 2 aromatic carbocycles. The topological polar surface area (TPSA) is 59.6 Å². The van der Waals surface area contributed by atoms with Crippen LogP contribution in [-0.4, -0.2) is 26.2 Å². The summed E-state index contributed by atoms with van der Waals surface area (Å²) in [6.45, 7) is 3.86. The number of carbonyl (C=O) groups is 1. The van der Waals surface area contributed by atoms with E-state index >= 15 is 0 Å². The van der Waals surface area contributed by atoms with Gasteiger partial charge in [-0.1, -0.05) is 37.3 Å². The zero-order valence-electron chi connectivity index (χ0n) is 14.9. The zero-order valence-corrected chi connectivity index (χ0v) is 15.7. The summed E-state index contributed by atoms with van der Waals surface area (Å²) in [6.07, 6.45) is 1.85. The molecule has 0 aromatic heterocycles. The number of nitrogens with one attached hydrogen (secondary N) is 2.